The van der Waals surface area contributed by atoms with Crippen LogP contribution in [-0.4, -0.2) is 67.2 Å². The van der Waals surface area contributed by atoms with Gasteiger partial charge < -0.3 is 15.0 Å². The van der Waals surface area contributed by atoms with Crippen molar-refractivity contribution in [1.82, 2.24) is 15.1 Å². The van der Waals surface area contributed by atoms with Crippen LogP contribution < -0.4 is 5.32 Å². The zero-order chi connectivity index (χ0) is 15.7. The third-order valence-corrected chi connectivity index (χ3v) is 5.39. The Morgan fingerprint density at radius 2 is 2.05 bits per heavy atom. The van der Waals surface area contributed by atoms with Crippen LogP contribution in [0, 0.1) is 5.41 Å². The molecule has 0 aromatic rings. The van der Waals surface area contributed by atoms with E-state index in [4.69, 9.17) is 4.74 Å². The Hall–Kier alpha value is -1.30. The minimum atomic E-state index is -0.253. The molecular formula is C16H27N3O3. The first-order valence-electron chi connectivity index (χ1n) is 8.48. The van der Waals surface area contributed by atoms with Crippen LogP contribution in [-0.2, 0) is 9.53 Å². The van der Waals surface area contributed by atoms with Gasteiger partial charge in [-0.15, -0.1) is 0 Å². The van der Waals surface area contributed by atoms with Crippen LogP contribution in [0.4, 0.5) is 4.79 Å². The van der Waals surface area contributed by atoms with Gasteiger partial charge in [-0.3, -0.25) is 9.69 Å². The average molecular weight is 309 g/mol. The number of carbonyl (C=O) groups is 2. The monoisotopic (exact) mass is 309 g/mol. The van der Waals surface area contributed by atoms with Crippen LogP contribution in [0.5, 0.6) is 0 Å². The van der Waals surface area contributed by atoms with E-state index in [9.17, 15) is 9.59 Å². The van der Waals surface area contributed by atoms with E-state index in [2.05, 4.69) is 24.2 Å². The second-order valence-corrected chi connectivity index (χ2v) is 7.10. The third-order valence-electron chi connectivity index (χ3n) is 5.39. The maximum absolute atomic E-state index is 12.5. The summed E-state index contributed by atoms with van der Waals surface area (Å²) in [6.45, 7) is 5.01. The lowest BCUT2D eigenvalue weighted by molar-refractivity contribution is -0.135. The zero-order valence-corrected chi connectivity index (χ0v) is 13.6. The molecule has 3 fully saturated rings. The van der Waals surface area contributed by atoms with Crippen molar-refractivity contribution < 1.29 is 14.3 Å². The minimum absolute atomic E-state index is 0.0930. The van der Waals surface area contributed by atoms with E-state index in [0.29, 0.717) is 6.61 Å². The summed E-state index contributed by atoms with van der Waals surface area (Å²) in [4.78, 5) is 28.9. The molecule has 0 radical (unpaired) electrons. The maximum atomic E-state index is 12.5. The molecule has 3 heterocycles. The van der Waals surface area contributed by atoms with Gasteiger partial charge in [0.25, 0.3) is 0 Å². The van der Waals surface area contributed by atoms with E-state index in [-0.39, 0.29) is 29.5 Å². The topological polar surface area (TPSA) is 61.9 Å². The largest absolute Gasteiger partial charge is 0.449 e. The van der Waals surface area contributed by atoms with Crippen molar-refractivity contribution in [3.8, 4) is 0 Å². The molecular weight excluding hydrogens is 282 g/mol. The maximum Gasteiger partial charge on any atom is 0.410 e. The van der Waals surface area contributed by atoms with Gasteiger partial charge in [-0.25, -0.2) is 4.79 Å². The molecule has 1 N–H and O–H groups in total. The van der Waals surface area contributed by atoms with E-state index in [1.54, 1.807) is 0 Å². The van der Waals surface area contributed by atoms with Crippen molar-refractivity contribution in [1.29, 1.82) is 0 Å². The van der Waals surface area contributed by atoms with Crippen molar-refractivity contribution in [2.24, 2.45) is 5.41 Å². The zero-order valence-electron chi connectivity index (χ0n) is 13.6. The summed E-state index contributed by atoms with van der Waals surface area (Å²) >= 11 is 0. The van der Waals surface area contributed by atoms with Crippen molar-refractivity contribution >= 4 is 12.0 Å². The van der Waals surface area contributed by atoms with Gasteiger partial charge in [0.05, 0.1) is 12.0 Å². The number of carbonyl (C=O) groups excluding carboxylic acids is 2. The fourth-order valence-corrected chi connectivity index (χ4v) is 4.36. The molecule has 2 atom stereocenters. The summed E-state index contributed by atoms with van der Waals surface area (Å²) in [5, 5.41) is 2.98. The highest BCUT2D eigenvalue weighted by Crippen LogP contribution is 2.45. The molecule has 6 nitrogen and oxygen atoms in total. The second kappa shape index (κ2) is 6.07. The van der Waals surface area contributed by atoms with E-state index < -0.39 is 0 Å². The molecule has 3 rings (SSSR count). The SMILES string of the molecule is CCCCOC(=O)N1C2CN(C)CC1CC1(CCNC1=O)C2. The molecule has 124 valence electrons. The standard InChI is InChI=1S/C16H27N3O3/c1-3-4-7-22-15(21)19-12-8-16(5-6-17-14(16)20)9-13(19)11-18(2)10-12/h12-13H,3-11H2,1-2H3,(H,17,20). The summed E-state index contributed by atoms with van der Waals surface area (Å²) in [5.74, 6) is 0.186. The van der Waals surface area contributed by atoms with Crippen LogP contribution >= 0.6 is 0 Å². The Labute approximate surface area is 132 Å². The van der Waals surface area contributed by atoms with Crippen molar-refractivity contribution in [3.05, 3.63) is 0 Å². The Bertz CT molecular complexity index is 438. The number of ether oxygens (including phenoxy) is 1. The summed E-state index contributed by atoms with van der Waals surface area (Å²) in [6.07, 6.45) is 4.17. The second-order valence-electron chi connectivity index (χ2n) is 7.10. The number of nitrogens with zero attached hydrogens (tertiary/aromatic N) is 2. The molecule has 22 heavy (non-hydrogen) atoms. The van der Waals surface area contributed by atoms with Crippen LogP contribution in [0.25, 0.3) is 0 Å². The predicted octanol–water partition coefficient (Wildman–Crippen LogP) is 1.21. The molecule has 3 saturated heterocycles. The van der Waals surface area contributed by atoms with Gasteiger partial charge in [0.15, 0.2) is 0 Å². The number of likely N-dealkylation sites (N-methyl/N-ethyl adjacent to an activating group) is 1. The normalized spacial score (nSPS) is 34.8. The fraction of sp³-hybridized carbons (Fsp3) is 0.875. The third kappa shape index (κ3) is 2.69. The molecule has 2 amide bonds. The summed E-state index contributed by atoms with van der Waals surface area (Å²) in [7, 11) is 2.09. The number of likely N-dealkylation sites (tertiary alicyclic amines) is 1. The molecule has 6 heteroatoms. The number of piperazine rings is 1. The minimum Gasteiger partial charge on any atom is -0.449 e. The van der Waals surface area contributed by atoms with Gasteiger partial charge >= 0.3 is 6.09 Å². The quantitative estimate of drug-likeness (QED) is 0.796. The molecule has 0 aliphatic carbocycles. The number of hydrogen-bond acceptors (Lipinski definition) is 4. The van der Waals surface area contributed by atoms with Crippen molar-refractivity contribution in [2.45, 2.75) is 51.1 Å². The Morgan fingerprint density at radius 1 is 1.36 bits per heavy atom. The van der Waals surface area contributed by atoms with Gasteiger partial charge in [0.1, 0.15) is 0 Å². The molecule has 2 bridgehead atoms. The number of amides is 2. The van der Waals surface area contributed by atoms with Crippen LogP contribution in [0.3, 0.4) is 0 Å². The van der Waals surface area contributed by atoms with E-state index in [1.807, 2.05) is 4.90 Å². The molecule has 0 saturated carbocycles. The average Bonchev–Trinajstić information content (AvgIpc) is 2.78. The smallest absolute Gasteiger partial charge is 0.410 e. The van der Waals surface area contributed by atoms with Gasteiger partial charge in [-0.1, -0.05) is 13.3 Å². The number of unbranched alkanes of at least 4 members (excludes halogenated alkanes) is 1. The number of nitrogens with one attached hydrogen (secondary N) is 1. The van der Waals surface area contributed by atoms with Gasteiger partial charge in [-0.2, -0.15) is 0 Å². The molecule has 0 aromatic carbocycles. The van der Waals surface area contributed by atoms with E-state index >= 15 is 0 Å². The van der Waals surface area contributed by atoms with Crippen LogP contribution in [0.2, 0.25) is 0 Å². The molecule has 3 aliphatic heterocycles. The lowest BCUT2D eigenvalue weighted by Gasteiger charge is -2.53. The highest BCUT2D eigenvalue weighted by atomic mass is 16.6. The summed E-state index contributed by atoms with van der Waals surface area (Å²) in [5.41, 5.74) is -0.253. The first-order chi connectivity index (χ1) is 10.6. The lowest BCUT2D eigenvalue weighted by atomic mass is 9.70. The summed E-state index contributed by atoms with van der Waals surface area (Å²) < 4.78 is 5.44. The first kappa shape index (κ1) is 15.6. The number of rotatable bonds is 3. The molecule has 1 spiro atoms. The van der Waals surface area contributed by atoms with E-state index in [1.165, 1.54) is 0 Å². The molecule has 0 aromatic heterocycles. The van der Waals surface area contributed by atoms with Gasteiger partial charge in [0, 0.05) is 31.7 Å². The first-order valence-corrected chi connectivity index (χ1v) is 8.48. The summed E-state index contributed by atoms with van der Waals surface area (Å²) in [6, 6.07) is 0.186. The van der Waals surface area contributed by atoms with Gasteiger partial charge in [-0.05, 0) is 32.7 Å². The highest BCUT2D eigenvalue weighted by molar-refractivity contribution is 5.85. The highest BCUT2D eigenvalue weighted by Gasteiger charge is 2.54. The Kier molecular flexibility index (Phi) is 4.30. The Balaban J connectivity index is 1.73. The van der Waals surface area contributed by atoms with Crippen molar-refractivity contribution in [3.63, 3.8) is 0 Å². The predicted molar refractivity (Wildman–Crippen MR) is 82.5 cm³/mol. The number of piperidine rings is 1. The fourth-order valence-electron chi connectivity index (χ4n) is 4.36. The number of hydrogen-bond donors (Lipinski definition) is 1. The van der Waals surface area contributed by atoms with Crippen LogP contribution in [0.1, 0.15) is 39.0 Å². The van der Waals surface area contributed by atoms with Crippen LogP contribution in [0.15, 0.2) is 0 Å². The molecule has 2 unspecified atom stereocenters. The Morgan fingerprint density at radius 3 is 2.59 bits per heavy atom. The lowest BCUT2D eigenvalue weighted by Crippen LogP contribution is -2.66. The number of fused-ring (bicyclic) bond motifs is 2. The van der Waals surface area contributed by atoms with Gasteiger partial charge in [0.2, 0.25) is 5.91 Å². The molecule has 3 aliphatic rings. The van der Waals surface area contributed by atoms with Crippen molar-refractivity contribution in [2.75, 3.05) is 33.3 Å². The van der Waals surface area contributed by atoms with E-state index in [0.717, 1.165) is 51.7 Å².